The van der Waals surface area contributed by atoms with Crippen LogP contribution < -0.4 is 0 Å². The Morgan fingerprint density at radius 1 is 1.16 bits per heavy atom. The van der Waals surface area contributed by atoms with E-state index in [1.807, 2.05) is 6.07 Å². The second-order valence-corrected chi connectivity index (χ2v) is 7.91. The summed E-state index contributed by atoms with van der Waals surface area (Å²) in [6.45, 7) is 0. The monoisotopic (exact) mass is 382 g/mol. The number of carbonyl (C=O) groups is 1. The van der Waals surface area contributed by atoms with Gasteiger partial charge in [-0.3, -0.25) is 4.79 Å². The number of rotatable bonds is 3. The molecule has 2 atom stereocenters. The number of benzene rings is 1. The van der Waals surface area contributed by atoms with E-state index >= 15 is 0 Å². The molecule has 1 saturated heterocycles. The van der Waals surface area contributed by atoms with Crippen molar-refractivity contribution < 1.29 is 14.6 Å². The molecule has 1 N–H and O–H groups in total. The zero-order valence-corrected chi connectivity index (χ0v) is 15.7. The smallest absolute Gasteiger partial charge is 0.309 e. The van der Waals surface area contributed by atoms with Crippen LogP contribution in [0.4, 0.5) is 0 Å². The zero-order valence-electron chi connectivity index (χ0n) is 14.2. The van der Waals surface area contributed by atoms with Crippen LogP contribution in [0.3, 0.4) is 0 Å². The van der Waals surface area contributed by atoms with Crippen molar-refractivity contribution in [1.82, 2.24) is 0 Å². The average Bonchev–Trinajstić information content (AvgIpc) is 2.81. The molecular formula is C20H24Cl2O3. The predicted molar refractivity (Wildman–Crippen MR) is 101 cm³/mol. The second-order valence-electron chi connectivity index (χ2n) is 7.07. The fraction of sp³-hybridized carbons (Fsp3) is 0.550. The lowest BCUT2D eigenvalue weighted by atomic mass is 9.88. The van der Waals surface area contributed by atoms with Crippen molar-refractivity contribution in [3.05, 3.63) is 39.9 Å². The van der Waals surface area contributed by atoms with Crippen molar-refractivity contribution in [2.45, 2.75) is 63.6 Å². The number of halogens is 2. The number of esters is 1. The third-order valence-corrected chi connectivity index (χ3v) is 5.61. The fourth-order valence-corrected chi connectivity index (χ4v) is 4.31. The van der Waals surface area contributed by atoms with Gasteiger partial charge in [0.2, 0.25) is 0 Å². The minimum atomic E-state index is -0.671. The highest BCUT2D eigenvalue weighted by Gasteiger charge is 2.31. The lowest BCUT2D eigenvalue weighted by Crippen LogP contribution is -2.33. The van der Waals surface area contributed by atoms with E-state index in [4.69, 9.17) is 27.9 Å². The van der Waals surface area contributed by atoms with Gasteiger partial charge < -0.3 is 9.84 Å². The Morgan fingerprint density at radius 3 is 2.52 bits per heavy atom. The summed E-state index contributed by atoms with van der Waals surface area (Å²) >= 11 is 12.5. The molecule has 0 aromatic heterocycles. The lowest BCUT2D eigenvalue weighted by molar-refractivity contribution is -0.155. The average molecular weight is 383 g/mol. The molecule has 0 radical (unpaired) electrons. The summed E-state index contributed by atoms with van der Waals surface area (Å²) in [6, 6.07) is 5.38. The van der Waals surface area contributed by atoms with Crippen LogP contribution in [0.15, 0.2) is 24.3 Å². The van der Waals surface area contributed by atoms with Gasteiger partial charge in [0.15, 0.2) is 0 Å². The maximum absolute atomic E-state index is 11.8. The molecule has 3 nitrogen and oxygen atoms in total. The van der Waals surface area contributed by atoms with Crippen LogP contribution in [0.5, 0.6) is 0 Å². The molecular weight excluding hydrogens is 359 g/mol. The van der Waals surface area contributed by atoms with Crippen molar-refractivity contribution in [3.8, 4) is 0 Å². The quantitative estimate of drug-likeness (QED) is 0.561. The Balaban J connectivity index is 1.96. The number of hydrogen-bond donors (Lipinski definition) is 1. The molecule has 2 unspecified atom stereocenters. The summed E-state index contributed by atoms with van der Waals surface area (Å²) in [4.78, 5) is 11.8. The molecule has 2 aliphatic rings. The van der Waals surface area contributed by atoms with E-state index in [1.54, 1.807) is 12.1 Å². The third-order valence-electron chi connectivity index (χ3n) is 5.07. The fourth-order valence-electron chi connectivity index (χ4n) is 3.79. The van der Waals surface area contributed by atoms with Gasteiger partial charge in [-0.15, -0.1) is 0 Å². The van der Waals surface area contributed by atoms with Crippen molar-refractivity contribution in [3.63, 3.8) is 0 Å². The number of aliphatic hydroxyl groups is 1. The van der Waals surface area contributed by atoms with Gasteiger partial charge in [0.05, 0.1) is 12.5 Å². The van der Waals surface area contributed by atoms with Crippen LogP contribution in [0, 0.1) is 5.92 Å². The highest BCUT2D eigenvalue weighted by Crippen LogP contribution is 2.36. The van der Waals surface area contributed by atoms with Gasteiger partial charge in [-0.25, -0.2) is 0 Å². The Hall–Kier alpha value is -1.03. The van der Waals surface area contributed by atoms with E-state index in [9.17, 15) is 9.90 Å². The first-order chi connectivity index (χ1) is 12.0. The van der Waals surface area contributed by atoms with E-state index in [2.05, 4.69) is 6.08 Å². The number of ether oxygens (including phenoxy) is 1. The van der Waals surface area contributed by atoms with Gasteiger partial charge in [-0.05, 0) is 42.0 Å². The first-order valence-electron chi connectivity index (χ1n) is 9.07. The topological polar surface area (TPSA) is 46.5 Å². The molecule has 2 fully saturated rings. The van der Waals surface area contributed by atoms with Crippen LogP contribution in [0.1, 0.15) is 56.9 Å². The summed E-state index contributed by atoms with van der Waals surface area (Å²) < 4.78 is 5.57. The molecule has 1 heterocycles. The van der Waals surface area contributed by atoms with Crippen molar-refractivity contribution in [2.24, 2.45) is 5.92 Å². The van der Waals surface area contributed by atoms with Crippen molar-refractivity contribution in [2.75, 3.05) is 0 Å². The van der Waals surface area contributed by atoms with Gasteiger partial charge in [-0.2, -0.15) is 0 Å². The summed E-state index contributed by atoms with van der Waals surface area (Å²) in [7, 11) is 0. The van der Waals surface area contributed by atoms with Crippen LogP contribution in [-0.4, -0.2) is 23.3 Å². The van der Waals surface area contributed by atoms with Crippen molar-refractivity contribution in [1.29, 1.82) is 0 Å². The predicted octanol–water partition coefficient (Wildman–Crippen LogP) is 5.41. The number of hydrogen-bond acceptors (Lipinski definition) is 3. The van der Waals surface area contributed by atoms with E-state index in [1.165, 1.54) is 25.7 Å². The molecule has 25 heavy (non-hydrogen) atoms. The first kappa shape index (κ1) is 18.8. The number of allylic oxidation sites excluding steroid dienone is 1. The Morgan fingerprint density at radius 2 is 1.88 bits per heavy atom. The largest absolute Gasteiger partial charge is 0.457 e. The van der Waals surface area contributed by atoms with Crippen LogP contribution >= 0.6 is 23.2 Å². The summed E-state index contributed by atoms with van der Waals surface area (Å²) in [5.41, 5.74) is 1.74. The number of aliphatic hydroxyl groups excluding tert-OH is 1. The third kappa shape index (κ3) is 4.99. The van der Waals surface area contributed by atoms with E-state index in [-0.39, 0.29) is 12.4 Å². The highest BCUT2D eigenvalue weighted by molar-refractivity contribution is 6.35. The van der Waals surface area contributed by atoms with Gasteiger partial charge in [0.1, 0.15) is 6.10 Å². The molecule has 0 amide bonds. The molecule has 0 spiro atoms. The Labute approximate surface area is 159 Å². The van der Waals surface area contributed by atoms with Crippen LogP contribution in [0.2, 0.25) is 10.0 Å². The molecule has 0 bridgehead atoms. The Bertz CT molecular complexity index is 648. The summed E-state index contributed by atoms with van der Waals surface area (Å²) in [5.74, 6) is 0.0858. The Kier molecular flexibility index (Phi) is 6.43. The molecule has 5 heteroatoms. The highest BCUT2D eigenvalue weighted by atomic mass is 35.5. The number of cyclic esters (lactones) is 1. The van der Waals surface area contributed by atoms with Gasteiger partial charge >= 0.3 is 5.97 Å². The maximum Gasteiger partial charge on any atom is 0.309 e. The van der Waals surface area contributed by atoms with E-state index in [0.29, 0.717) is 22.4 Å². The lowest BCUT2D eigenvalue weighted by Gasteiger charge is -2.29. The van der Waals surface area contributed by atoms with E-state index in [0.717, 1.165) is 24.0 Å². The van der Waals surface area contributed by atoms with Gasteiger partial charge in [0.25, 0.3) is 0 Å². The van der Waals surface area contributed by atoms with Gasteiger partial charge in [-0.1, -0.05) is 61.0 Å². The van der Waals surface area contributed by atoms with Crippen LogP contribution in [0.25, 0.3) is 5.57 Å². The van der Waals surface area contributed by atoms with Crippen LogP contribution in [-0.2, 0) is 9.53 Å². The molecule has 3 rings (SSSR count). The minimum absolute atomic E-state index is 0.0571. The van der Waals surface area contributed by atoms with E-state index < -0.39 is 12.2 Å². The zero-order chi connectivity index (χ0) is 17.8. The standard InChI is InChI=1S/C20H24Cl2O3/c21-14-7-8-16(18(22)10-14)17(9-13-5-3-1-2-4-6-13)19-11-15(23)12-20(24)25-19/h7-10,13,15,19,23H,1-6,11-12H2. The minimum Gasteiger partial charge on any atom is -0.457 e. The van der Waals surface area contributed by atoms with Crippen molar-refractivity contribution >= 4 is 34.7 Å². The molecule has 1 aromatic rings. The number of carbonyl (C=O) groups excluding carboxylic acids is 1. The molecule has 136 valence electrons. The first-order valence-corrected chi connectivity index (χ1v) is 9.83. The van der Waals surface area contributed by atoms with Gasteiger partial charge in [0, 0.05) is 16.5 Å². The molecule has 1 saturated carbocycles. The maximum atomic E-state index is 11.8. The normalized spacial score (nSPS) is 26.2. The summed E-state index contributed by atoms with van der Waals surface area (Å²) in [6.07, 6.45) is 8.81. The SMILES string of the molecule is O=C1CC(O)CC(C(=CC2CCCCCC2)c2ccc(Cl)cc2Cl)O1. The molecule has 1 aliphatic heterocycles. The second kappa shape index (κ2) is 8.57. The summed E-state index contributed by atoms with van der Waals surface area (Å²) in [5, 5.41) is 11.1. The molecule has 1 aromatic carbocycles. The molecule has 1 aliphatic carbocycles.